The van der Waals surface area contributed by atoms with E-state index in [-0.39, 0.29) is 22.3 Å². The van der Waals surface area contributed by atoms with E-state index in [9.17, 15) is 22.8 Å². The molecule has 1 fully saturated rings. The first kappa shape index (κ1) is 26.7. The number of urea groups is 1. The normalized spacial score (nSPS) is 14.2. The maximum absolute atomic E-state index is 13.1. The lowest BCUT2D eigenvalue weighted by atomic mass is 10.1. The van der Waals surface area contributed by atoms with Crippen LogP contribution in [0.3, 0.4) is 0 Å². The molecule has 0 radical (unpaired) electrons. The molecule has 3 N–H and O–H groups in total. The third-order valence-corrected chi connectivity index (χ3v) is 7.38. The minimum Gasteiger partial charge on any atom is -0.493 e. The number of aromatic amines is 1. The number of carbonyl (C=O) groups excluding carboxylic acids is 1. The Balaban J connectivity index is 1.48. The number of ether oxygens (including phenoxy) is 1. The van der Waals surface area contributed by atoms with Crippen LogP contribution < -0.4 is 20.9 Å². The lowest BCUT2D eigenvalue weighted by molar-refractivity contribution is -0.137. The molecule has 39 heavy (non-hydrogen) atoms. The Bertz CT molecular complexity index is 1570. The number of hydrogen-bond acceptors (Lipinski definition) is 6. The third-order valence-electron chi connectivity index (χ3n) is 6.54. The number of aromatic nitrogens is 4. The number of aryl methyl sites for hydroxylation is 1. The van der Waals surface area contributed by atoms with Crippen molar-refractivity contribution in [2.24, 2.45) is 0 Å². The van der Waals surface area contributed by atoms with Crippen molar-refractivity contribution in [2.75, 3.05) is 17.2 Å². The molecule has 0 saturated heterocycles. The molecule has 1 aliphatic carbocycles. The van der Waals surface area contributed by atoms with Gasteiger partial charge in [-0.2, -0.15) is 13.2 Å². The molecule has 0 aliphatic heterocycles. The summed E-state index contributed by atoms with van der Waals surface area (Å²) < 4.78 is 46.2. The lowest BCUT2D eigenvalue weighted by Gasteiger charge is -2.14. The van der Waals surface area contributed by atoms with Crippen molar-refractivity contribution in [1.29, 1.82) is 0 Å². The second kappa shape index (κ2) is 10.7. The van der Waals surface area contributed by atoms with E-state index in [1.807, 2.05) is 6.92 Å². The summed E-state index contributed by atoms with van der Waals surface area (Å²) in [5.41, 5.74) is 0.595. The summed E-state index contributed by atoms with van der Waals surface area (Å²) in [6.07, 6.45) is 0.419. The second-order valence-corrected chi connectivity index (χ2v) is 10.3. The van der Waals surface area contributed by atoms with E-state index in [1.165, 1.54) is 0 Å². The Hall–Kier alpha value is -3.87. The van der Waals surface area contributed by atoms with E-state index in [4.69, 9.17) is 9.84 Å². The highest BCUT2D eigenvalue weighted by atomic mass is 32.1. The molecular formula is C26H27F3N6O3S. The van der Waals surface area contributed by atoms with Crippen molar-refractivity contribution >= 4 is 33.6 Å². The fourth-order valence-electron chi connectivity index (χ4n) is 4.72. The van der Waals surface area contributed by atoms with Crippen molar-refractivity contribution in [3.8, 4) is 17.1 Å². The highest BCUT2D eigenvalue weighted by Crippen LogP contribution is 2.36. The number of alkyl halides is 3. The first-order chi connectivity index (χ1) is 18.6. The molecule has 13 heteroatoms. The summed E-state index contributed by atoms with van der Waals surface area (Å²) in [5.74, 6) is 1.67. The Morgan fingerprint density at radius 1 is 1.23 bits per heavy atom. The lowest BCUT2D eigenvalue weighted by Crippen LogP contribution is -2.19. The summed E-state index contributed by atoms with van der Waals surface area (Å²) in [6, 6.07) is 5.00. The van der Waals surface area contributed by atoms with E-state index in [0.717, 1.165) is 60.7 Å². The molecule has 5 rings (SSSR count). The molecule has 3 heterocycles. The highest BCUT2D eigenvalue weighted by Gasteiger charge is 2.32. The third kappa shape index (κ3) is 5.63. The van der Waals surface area contributed by atoms with Crippen LogP contribution in [-0.4, -0.2) is 32.2 Å². The van der Waals surface area contributed by atoms with Crippen LogP contribution in [0.15, 0.2) is 34.4 Å². The number of amides is 2. The molecule has 1 aliphatic rings. The van der Waals surface area contributed by atoms with Crippen LogP contribution >= 0.6 is 11.3 Å². The molecule has 0 bridgehead atoms. The Labute approximate surface area is 225 Å². The summed E-state index contributed by atoms with van der Waals surface area (Å²) in [6.45, 7) is 4.17. The molecule has 0 unspecified atom stereocenters. The van der Waals surface area contributed by atoms with Gasteiger partial charge in [-0.1, -0.05) is 19.8 Å². The number of rotatable bonds is 7. The fourth-order valence-corrected chi connectivity index (χ4v) is 5.52. The van der Waals surface area contributed by atoms with Gasteiger partial charge >= 0.3 is 12.2 Å². The molecule has 206 valence electrons. The van der Waals surface area contributed by atoms with E-state index in [2.05, 4.69) is 20.6 Å². The van der Waals surface area contributed by atoms with Crippen LogP contribution in [0, 0.1) is 6.92 Å². The number of anilines is 2. The number of benzene rings is 1. The first-order valence-electron chi connectivity index (χ1n) is 12.6. The molecule has 0 spiro atoms. The standard InChI is InChI=1S/C26H27F3N6O3S/c1-3-10-38-19-9-8-17(31-25(37)32-20-11-16(13-39-20)26(27,28)29)12-18(19)22-33-24(36)21-14(2)30-23(35(21)34-22)15-6-4-5-7-15/h8-9,11-13,15H,3-7,10H2,1-2H3,(H2,31,32,37)(H,33,34,36). The van der Waals surface area contributed by atoms with Crippen LogP contribution in [0.1, 0.15) is 62.0 Å². The summed E-state index contributed by atoms with van der Waals surface area (Å²) in [5, 5.41) is 10.8. The predicted octanol–water partition coefficient (Wildman–Crippen LogP) is 6.56. The van der Waals surface area contributed by atoms with Crippen molar-refractivity contribution in [1.82, 2.24) is 19.6 Å². The van der Waals surface area contributed by atoms with Gasteiger partial charge < -0.3 is 15.0 Å². The summed E-state index contributed by atoms with van der Waals surface area (Å²) in [7, 11) is 0. The van der Waals surface area contributed by atoms with Gasteiger partial charge in [-0.15, -0.1) is 16.4 Å². The minimum absolute atomic E-state index is 0.0503. The molecule has 3 aromatic heterocycles. The van der Waals surface area contributed by atoms with E-state index in [0.29, 0.717) is 34.8 Å². The van der Waals surface area contributed by atoms with Crippen LogP contribution in [0.4, 0.5) is 28.7 Å². The van der Waals surface area contributed by atoms with Crippen LogP contribution in [0.5, 0.6) is 5.75 Å². The molecule has 0 atom stereocenters. The smallest absolute Gasteiger partial charge is 0.417 e. The van der Waals surface area contributed by atoms with Gasteiger partial charge in [0.05, 0.1) is 28.4 Å². The predicted molar refractivity (Wildman–Crippen MR) is 143 cm³/mol. The maximum Gasteiger partial charge on any atom is 0.417 e. The molecule has 1 aromatic carbocycles. The van der Waals surface area contributed by atoms with Crippen molar-refractivity contribution in [2.45, 2.75) is 58.0 Å². The average Bonchev–Trinajstić information content (AvgIpc) is 3.63. The van der Waals surface area contributed by atoms with Gasteiger partial charge in [0.2, 0.25) is 0 Å². The van der Waals surface area contributed by atoms with Crippen molar-refractivity contribution in [3.63, 3.8) is 0 Å². The maximum atomic E-state index is 13.1. The number of halogens is 3. The van der Waals surface area contributed by atoms with Crippen molar-refractivity contribution < 1.29 is 22.7 Å². The van der Waals surface area contributed by atoms with Gasteiger partial charge in [0.1, 0.15) is 11.6 Å². The van der Waals surface area contributed by atoms with Crippen molar-refractivity contribution in [3.05, 3.63) is 57.1 Å². The Kier molecular flexibility index (Phi) is 7.34. The van der Waals surface area contributed by atoms with E-state index < -0.39 is 17.8 Å². The van der Waals surface area contributed by atoms with Gasteiger partial charge in [-0.05, 0) is 50.5 Å². The first-order valence-corrected chi connectivity index (χ1v) is 13.5. The summed E-state index contributed by atoms with van der Waals surface area (Å²) >= 11 is 0.773. The number of nitrogens with zero attached hydrogens (tertiary/aromatic N) is 3. The molecular weight excluding hydrogens is 533 g/mol. The SMILES string of the molecule is CCCOc1ccc(NC(=O)Nc2cc(C(F)(F)F)cs2)cc1-c1nn2c(C3CCCC3)nc(C)c2c(=O)[nH]1. The topological polar surface area (TPSA) is 113 Å². The number of hydrogen-bond donors (Lipinski definition) is 3. The van der Waals surface area contributed by atoms with Gasteiger partial charge in [0.15, 0.2) is 11.3 Å². The number of fused-ring (bicyclic) bond motifs is 1. The molecule has 1 saturated carbocycles. The van der Waals surface area contributed by atoms with E-state index in [1.54, 1.807) is 29.6 Å². The zero-order chi connectivity index (χ0) is 27.7. The second-order valence-electron chi connectivity index (χ2n) is 9.44. The summed E-state index contributed by atoms with van der Waals surface area (Å²) in [4.78, 5) is 33.2. The number of carbonyl (C=O) groups is 1. The Morgan fingerprint density at radius 3 is 2.69 bits per heavy atom. The van der Waals surface area contributed by atoms with Crippen LogP contribution in [0.2, 0.25) is 0 Å². The average molecular weight is 561 g/mol. The molecule has 2 amide bonds. The largest absolute Gasteiger partial charge is 0.493 e. The number of imidazole rings is 1. The van der Waals surface area contributed by atoms with E-state index >= 15 is 0 Å². The number of H-pyrrole nitrogens is 1. The van der Waals surface area contributed by atoms with Gasteiger partial charge in [-0.3, -0.25) is 10.1 Å². The van der Waals surface area contributed by atoms with Crippen LogP contribution in [-0.2, 0) is 6.18 Å². The highest BCUT2D eigenvalue weighted by molar-refractivity contribution is 7.14. The van der Waals surface area contributed by atoms with Gasteiger partial charge in [0, 0.05) is 17.0 Å². The molecule has 9 nitrogen and oxygen atoms in total. The van der Waals surface area contributed by atoms with Gasteiger partial charge in [0.25, 0.3) is 5.56 Å². The fraction of sp³-hybridized carbons (Fsp3) is 0.385. The number of nitrogens with one attached hydrogen (secondary N) is 3. The zero-order valence-corrected chi connectivity index (χ0v) is 22.1. The quantitative estimate of drug-likeness (QED) is 0.237. The molecule has 4 aromatic rings. The minimum atomic E-state index is -4.49. The van der Waals surface area contributed by atoms with Crippen LogP contribution in [0.25, 0.3) is 16.9 Å². The Morgan fingerprint density at radius 2 is 2.00 bits per heavy atom. The monoisotopic (exact) mass is 560 g/mol. The number of thiophene rings is 1. The van der Waals surface area contributed by atoms with Gasteiger partial charge in [-0.25, -0.2) is 14.3 Å². The zero-order valence-electron chi connectivity index (χ0n) is 21.3.